The summed E-state index contributed by atoms with van der Waals surface area (Å²) in [7, 11) is 3.95. The molecule has 1 aromatic rings. The van der Waals surface area contributed by atoms with Crippen LogP contribution in [0.1, 0.15) is 19.8 Å². The van der Waals surface area contributed by atoms with E-state index in [-0.39, 0.29) is 0 Å². The molecule has 7 nitrogen and oxygen atoms in total. The van der Waals surface area contributed by atoms with Crippen LogP contribution >= 0.6 is 0 Å². The zero-order chi connectivity index (χ0) is 21.2. The van der Waals surface area contributed by atoms with Gasteiger partial charge in [-0.1, -0.05) is 6.07 Å². The Bertz CT molecular complexity index is 659. The van der Waals surface area contributed by atoms with Crippen molar-refractivity contribution in [3.8, 4) is 5.75 Å². The molecule has 3 rings (SSSR count). The summed E-state index contributed by atoms with van der Waals surface area (Å²) in [6.07, 6.45) is 2.41. The maximum absolute atomic E-state index is 5.38. The Morgan fingerprint density at radius 3 is 2.67 bits per heavy atom. The van der Waals surface area contributed by atoms with Crippen LogP contribution in [-0.2, 0) is 0 Å². The van der Waals surface area contributed by atoms with Crippen LogP contribution in [-0.4, -0.2) is 107 Å². The third kappa shape index (κ3) is 6.77. The van der Waals surface area contributed by atoms with Gasteiger partial charge in [0.25, 0.3) is 0 Å². The molecular weight excluding hydrogens is 376 g/mol. The van der Waals surface area contributed by atoms with Crippen LogP contribution in [0.3, 0.4) is 0 Å². The summed E-state index contributed by atoms with van der Waals surface area (Å²) in [6.45, 7) is 13.9. The third-order valence-corrected chi connectivity index (χ3v) is 6.04. The number of hydrogen-bond acceptors (Lipinski definition) is 5. The molecule has 2 fully saturated rings. The first kappa shape index (κ1) is 22.7. The first-order valence-corrected chi connectivity index (χ1v) is 11.5. The Morgan fingerprint density at radius 1 is 1.07 bits per heavy atom. The number of aliphatic imine (C=N–C) groups is 1. The Kier molecular flexibility index (Phi) is 9.08. The number of piperazine rings is 1. The summed E-state index contributed by atoms with van der Waals surface area (Å²) >= 11 is 0. The molecule has 2 heterocycles. The molecule has 1 aromatic carbocycles. The number of ether oxygens (including phenoxy) is 1. The van der Waals surface area contributed by atoms with Gasteiger partial charge in [0.15, 0.2) is 5.96 Å². The number of benzene rings is 1. The molecule has 0 bridgehead atoms. The van der Waals surface area contributed by atoms with E-state index in [9.17, 15) is 0 Å². The molecule has 0 amide bonds. The molecule has 30 heavy (non-hydrogen) atoms. The molecule has 0 radical (unpaired) electrons. The van der Waals surface area contributed by atoms with Crippen molar-refractivity contribution in [3.05, 3.63) is 24.3 Å². The van der Waals surface area contributed by atoms with E-state index in [1.54, 1.807) is 7.11 Å². The topological polar surface area (TPSA) is 46.6 Å². The summed E-state index contributed by atoms with van der Waals surface area (Å²) < 4.78 is 5.38. The molecule has 0 atom stereocenters. The van der Waals surface area contributed by atoms with E-state index in [1.807, 2.05) is 6.07 Å². The molecule has 2 aliphatic heterocycles. The first-order valence-electron chi connectivity index (χ1n) is 11.5. The summed E-state index contributed by atoms with van der Waals surface area (Å²) in [5.41, 5.74) is 1.24. The van der Waals surface area contributed by atoms with Crippen LogP contribution in [0.5, 0.6) is 5.75 Å². The van der Waals surface area contributed by atoms with E-state index >= 15 is 0 Å². The number of nitrogens with one attached hydrogen (secondary N) is 1. The van der Waals surface area contributed by atoms with Crippen molar-refractivity contribution in [3.63, 3.8) is 0 Å². The van der Waals surface area contributed by atoms with Gasteiger partial charge in [-0.3, -0.25) is 4.99 Å². The summed E-state index contributed by atoms with van der Waals surface area (Å²) in [5.74, 6) is 1.99. The van der Waals surface area contributed by atoms with Gasteiger partial charge in [0.05, 0.1) is 7.11 Å². The largest absolute Gasteiger partial charge is 0.497 e. The second-order valence-electron chi connectivity index (χ2n) is 8.26. The first-order chi connectivity index (χ1) is 14.7. The molecule has 2 aliphatic rings. The Hall–Kier alpha value is -1.99. The average Bonchev–Trinajstić information content (AvgIpc) is 3.00. The predicted molar refractivity (Wildman–Crippen MR) is 126 cm³/mol. The molecule has 0 aromatic heterocycles. The predicted octanol–water partition coefficient (Wildman–Crippen LogP) is 1.81. The second kappa shape index (κ2) is 12.0. The minimum atomic E-state index is 0.894. The maximum Gasteiger partial charge on any atom is 0.194 e. The van der Waals surface area contributed by atoms with Gasteiger partial charge in [-0.2, -0.15) is 0 Å². The van der Waals surface area contributed by atoms with Gasteiger partial charge >= 0.3 is 0 Å². The molecule has 0 spiro atoms. The van der Waals surface area contributed by atoms with E-state index in [2.05, 4.69) is 57.1 Å². The van der Waals surface area contributed by atoms with E-state index in [1.165, 1.54) is 38.3 Å². The monoisotopic (exact) mass is 416 g/mol. The van der Waals surface area contributed by atoms with Gasteiger partial charge in [-0.15, -0.1) is 0 Å². The van der Waals surface area contributed by atoms with Crippen LogP contribution in [0.4, 0.5) is 5.69 Å². The maximum atomic E-state index is 5.38. The molecular formula is C23H40N6O. The van der Waals surface area contributed by atoms with E-state index in [0.29, 0.717) is 0 Å². The van der Waals surface area contributed by atoms with E-state index < -0.39 is 0 Å². The van der Waals surface area contributed by atoms with Crippen LogP contribution < -0.4 is 15.0 Å². The number of anilines is 1. The Labute approximate surface area is 182 Å². The summed E-state index contributed by atoms with van der Waals surface area (Å²) in [4.78, 5) is 14.8. The SMILES string of the molecule is CCNC(=NCCCN1CCCN(C)CC1)N1CCN(c2cccc(OC)c2)CC1. The molecule has 1 N–H and O–H groups in total. The zero-order valence-corrected chi connectivity index (χ0v) is 19.1. The smallest absolute Gasteiger partial charge is 0.194 e. The minimum Gasteiger partial charge on any atom is -0.497 e. The fourth-order valence-electron chi connectivity index (χ4n) is 4.21. The van der Waals surface area contributed by atoms with Crippen LogP contribution in [0.2, 0.25) is 0 Å². The van der Waals surface area contributed by atoms with Crippen molar-refractivity contribution in [2.24, 2.45) is 4.99 Å². The Balaban J connectivity index is 1.46. The molecule has 2 saturated heterocycles. The molecule has 0 saturated carbocycles. The lowest BCUT2D eigenvalue weighted by Crippen LogP contribution is -2.52. The highest BCUT2D eigenvalue weighted by Crippen LogP contribution is 2.22. The van der Waals surface area contributed by atoms with Gasteiger partial charge < -0.3 is 29.7 Å². The zero-order valence-electron chi connectivity index (χ0n) is 19.1. The molecule has 168 valence electrons. The van der Waals surface area contributed by atoms with Crippen molar-refractivity contribution in [2.75, 3.05) is 91.0 Å². The lowest BCUT2D eigenvalue weighted by Gasteiger charge is -2.37. The standard InChI is InChI=1S/C23H40N6O/c1-4-24-23(25-10-6-12-27-13-7-11-26(2)14-15-27)29-18-16-28(17-19-29)21-8-5-9-22(20-21)30-3/h5,8-9,20H,4,6-7,10-19H2,1-3H3,(H,24,25). The number of likely N-dealkylation sites (N-methyl/N-ethyl adjacent to an activating group) is 1. The van der Waals surface area contributed by atoms with Crippen LogP contribution in [0.25, 0.3) is 0 Å². The van der Waals surface area contributed by atoms with Gasteiger partial charge in [0.1, 0.15) is 5.75 Å². The van der Waals surface area contributed by atoms with Crippen molar-refractivity contribution in [2.45, 2.75) is 19.8 Å². The van der Waals surface area contributed by atoms with Gasteiger partial charge in [-0.25, -0.2) is 0 Å². The number of methoxy groups -OCH3 is 1. The highest BCUT2D eigenvalue weighted by molar-refractivity contribution is 5.80. The number of nitrogens with zero attached hydrogens (tertiary/aromatic N) is 5. The third-order valence-electron chi connectivity index (χ3n) is 6.04. The van der Waals surface area contributed by atoms with E-state index in [0.717, 1.165) is 63.9 Å². The van der Waals surface area contributed by atoms with Crippen LogP contribution in [0.15, 0.2) is 29.3 Å². The average molecular weight is 417 g/mol. The molecule has 0 aliphatic carbocycles. The second-order valence-corrected chi connectivity index (χ2v) is 8.26. The molecule has 7 heteroatoms. The number of rotatable bonds is 7. The van der Waals surface area contributed by atoms with Crippen molar-refractivity contribution in [1.29, 1.82) is 0 Å². The Morgan fingerprint density at radius 2 is 1.90 bits per heavy atom. The fourth-order valence-corrected chi connectivity index (χ4v) is 4.21. The van der Waals surface area contributed by atoms with Gasteiger partial charge in [0, 0.05) is 64.1 Å². The quantitative estimate of drug-likeness (QED) is 0.416. The fraction of sp³-hybridized carbons (Fsp3) is 0.696. The summed E-state index contributed by atoms with van der Waals surface area (Å²) in [6, 6.07) is 8.35. The van der Waals surface area contributed by atoms with Gasteiger partial charge in [-0.05, 0) is 58.6 Å². The minimum absolute atomic E-state index is 0.894. The van der Waals surface area contributed by atoms with E-state index in [4.69, 9.17) is 9.73 Å². The highest BCUT2D eigenvalue weighted by Gasteiger charge is 2.20. The normalized spacial score (nSPS) is 19.6. The van der Waals surface area contributed by atoms with Crippen molar-refractivity contribution < 1.29 is 4.74 Å². The number of guanidine groups is 1. The lowest BCUT2D eigenvalue weighted by atomic mass is 10.2. The van der Waals surface area contributed by atoms with Gasteiger partial charge in [0.2, 0.25) is 0 Å². The lowest BCUT2D eigenvalue weighted by molar-refractivity contribution is 0.274. The number of hydrogen-bond donors (Lipinski definition) is 1. The van der Waals surface area contributed by atoms with Crippen LogP contribution in [0, 0.1) is 0 Å². The van der Waals surface area contributed by atoms with Crippen molar-refractivity contribution in [1.82, 2.24) is 20.0 Å². The highest BCUT2D eigenvalue weighted by atomic mass is 16.5. The molecule has 0 unspecified atom stereocenters. The van der Waals surface area contributed by atoms with Crippen molar-refractivity contribution >= 4 is 11.6 Å². The summed E-state index contributed by atoms with van der Waals surface area (Å²) in [5, 5.41) is 3.50.